The van der Waals surface area contributed by atoms with Gasteiger partial charge in [0.15, 0.2) is 0 Å². The summed E-state index contributed by atoms with van der Waals surface area (Å²) in [4.78, 5) is 8.97. The van der Waals surface area contributed by atoms with Crippen molar-refractivity contribution in [1.29, 1.82) is 0 Å². The van der Waals surface area contributed by atoms with E-state index in [1.807, 2.05) is 61.9 Å². The third kappa shape index (κ3) is 2.88. The number of ether oxygens (including phenoxy) is 1. The molecule has 2 heterocycles. The van der Waals surface area contributed by atoms with Gasteiger partial charge in [-0.1, -0.05) is 29.8 Å². The van der Waals surface area contributed by atoms with Crippen LogP contribution in [0.1, 0.15) is 11.3 Å². The number of benzene rings is 2. The van der Waals surface area contributed by atoms with Crippen molar-refractivity contribution in [2.75, 3.05) is 19.5 Å². The van der Waals surface area contributed by atoms with E-state index in [1.165, 1.54) is 0 Å². The smallest absolute Gasteiger partial charge is 0.150 e. The first-order valence-corrected chi connectivity index (χ1v) is 9.37. The number of aromatic nitrogens is 3. The van der Waals surface area contributed by atoms with Gasteiger partial charge in [-0.3, -0.25) is 4.57 Å². The molecular weight excluding hydrogens is 372 g/mol. The molecule has 0 aliphatic carbocycles. The highest BCUT2D eigenvalue weighted by molar-refractivity contribution is 6.35. The summed E-state index contributed by atoms with van der Waals surface area (Å²) < 4.78 is 7.49. The van der Waals surface area contributed by atoms with Gasteiger partial charge in [0, 0.05) is 18.3 Å². The molecule has 5 nitrogen and oxygen atoms in total. The van der Waals surface area contributed by atoms with Gasteiger partial charge in [0.05, 0.1) is 23.9 Å². The highest BCUT2D eigenvalue weighted by Gasteiger charge is 2.22. The van der Waals surface area contributed by atoms with Gasteiger partial charge in [0.2, 0.25) is 0 Å². The maximum atomic E-state index is 6.96. The zero-order valence-electron chi connectivity index (χ0n) is 16.2. The Balaban J connectivity index is 2.07. The van der Waals surface area contributed by atoms with Crippen LogP contribution in [-0.2, 0) is 0 Å². The second-order valence-corrected chi connectivity index (χ2v) is 7.00. The van der Waals surface area contributed by atoms with E-state index < -0.39 is 0 Å². The Morgan fingerprint density at radius 2 is 1.89 bits per heavy atom. The summed E-state index contributed by atoms with van der Waals surface area (Å²) in [6, 6.07) is 14.2. The number of nitrogens with zero attached hydrogens (tertiary/aromatic N) is 3. The number of hydrogen-bond acceptors (Lipinski definition) is 4. The van der Waals surface area contributed by atoms with E-state index in [9.17, 15) is 0 Å². The predicted octanol–water partition coefficient (Wildman–Crippen LogP) is 5.41. The molecule has 0 amide bonds. The SMILES string of the molecule is CNc1cccc(-n2c(Cl)c(-c3ccc(C)c(OC)c3)c3c(C)ncnc32)c1. The lowest BCUT2D eigenvalue weighted by Gasteiger charge is -2.10. The highest BCUT2D eigenvalue weighted by atomic mass is 35.5. The number of nitrogens with one attached hydrogen (secondary N) is 1. The molecule has 0 spiro atoms. The Morgan fingerprint density at radius 3 is 2.64 bits per heavy atom. The van der Waals surface area contributed by atoms with Crippen LogP contribution >= 0.6 is 11.6 Å². The van der Waals surface area contributed by atoms with E-state index in [-0.39, 0.29) is 0 Å². The Labute approximate surface area is 169 Å². The van der Waals surface area contributed by atoms with Gasteiger partial charge in [-0.15, -0.1) is 0 Å². The van der Waals surface area contributed by atoms with Crippen molar-refractivity contribution in [2.24, 2.45) is 0 Å². The molecule has 1 N–H and O–H groups in total. The summed E-state index contributed by atoms with van der Waals surface area (Å²) in [5, 5.41) is 4.70. The number of aryl methyl sites for hydroxylation is 2. The maximum Gasteiger partial charge on any atom is 0.150 e. The zero-order valence-corrected chi connectivity index (χ0v) is 17.0. The summed E-state index contributed by atoms with van der Waals surface area (Å²) >= 11 is 6.96. The molecule has 0 aliphatic rings. The molecule has 0 bridgehead atoms. The summed E-state index contributed by atoms with van der Waals surface area (Å²) in [5.41, 5.74) is 6.54. The van der Waals surface area contributed by atoms with Crippen molar-refractivity contribution in [2.45, 2.75) is 13.8 Å². The third-order valence-corrected chi connectivity index (χ3v) is 5.33. The van der Waals surface area contributed by atoms with Gasteiger partial charge in [0.25, 0.3) is 0 Å². The minimum atomic E-state index is 0.595. The molecule has 0 atom stereocenters. The molecule has 28 heavy (non-hydrogen) atoms. The quantitative estimate of drug-likeness (QED) is 0.504. The number of halogens is 1. The molecule has 2 aromatic carbocycles. The minimum absolute atomic E-state index is 0.595. The van der Waals surface area contributed by atoms with Crippen molar-refractivity contribution in [1.82, 2.24) is 14.5 Å². The number of fused-ring (bicyclic) bond motifs is 1. The summed E-state index contributed by atoms with van der Waals surface area (Å²) in [6.45, 7) is 3.99. The van der Waals surface area contributed by atoms with Crippen LogP contribution in [0.15, 0.2) is 48.8 Å². The average Bonchev–Trinajstić information content (AvgIpc) is 3.01. The molecular formula is C22H21ClN4O. The van der Waals surface area contributed by atoms with Crippen LogP contribution in [0.2, 0.25) is 5.15 Å². The molecule has 0 aliphatic heterocycles. The molecule has 0 unspecified atom stereocenters. The summed E-state index contributed by atoms with van der Waals surface area (Å²) in [6.07, 6.45) is 1.58. The third-order valence-electron chi connectivity index (χ3n) is 4.97. The molecule has 0 radical (unpaired) electrons. The van der Waals surface area contributed by atoms with Gasteiger partial charge in [-0.2, -0.15) is 0 Å². The van der Waals surface area contributed by atoms with Crippen LogP contribution in [-0.4, -0.2) is 28.7 Å². The predicted molar refractivity (Wildman–Crippen MR) is 115 cm³/mol. The van der Waals surface area contributed by atoms with E-state index in [0.29, 0.717) is 5.15 Å². The first-order chi connectivity index (χ1) is 13.5. The monoisotopic (exact) mass is 392 g/mol. The van der Waals surface area contributed by atoms with E-state index >= 15 is 0 Å². The van der Waals surface area contributed by atoms with Crippen LogP contribution < -0.4 is 10.1 Å². The summed E-state index contributed by atoms with van der Waals surface area (Å²) in [7, 11) is 3.57. The molecule has 142 valence electrons. The van der Waals surface area contributed by atoms with Crippen molar-refractivity contribution < 1.29 is 4.74 Å². The van der Waals surface area contributed by atoms with Crippen LogP contribution in [0.3, 0.4) is 0 Å². The lowest BCUT2D eigenvalue weighted by atomic mass is 10.0. The van der Waals surface area contributed by atoms with E-state index in [0.717, 1.165) is 50.5 Å². The maximum absolute atomic E-state index is 6.96. The normalized spacial score (nSPS) is 11.0. The first-order valence-electron chi connectivity index (χ1n) is 9.00. The van der Waals surface area contributed by atoms with E-state index in [2.05, 4.69) is 21.4 Å². The topological polar surface area (TPSA) is 52.0 Å². The fourth-order valence-electron chi connectivity index (χ4n) is 3.51. The molecule has 6 heteroatoms. The van der Waals surface area contributed by atoms with Crippen LogP contribution in [0.5, 0.6) is 5.75 Å². The fourth-order valence-corrected chi connectivity index (χ4v) is 3.89. The van der Waals surface area contributed by atoms with Gasteiger partial charge >= 0.3 is 0 Å². The van der Waals surface area contributed by atoms with Gasteiger partial charge in [0.1, 0.15) is 22.9 Å². The van der Waals surface area contributed by atoms with Gasteiger partial charge < -0.3 is 10.1 Å². The first kappa shape index (κ1) is 18.3. The van der Waals surface area contributed by atoms with Crippen molar-refractivity contribution in [3.05, 3.63) is 65.2 Å². The molecule has 4 aromatic rings. The Hall–Kier alpha value is -3.05. The highest BCUT2D eigenvalue weighted by Crippen LogP contribution is 2.41. The number of anilines is 1. The van der Waals surface area contributed by atoms with Crippen LogP contribution in [0.25, 0.3) is 27.8 Å². The van der Waals surface area contributed by atoms with Gasteiger partial charge in [-0.05, 0) is 49.2 Å². The van der Waals surface area contributed by atoms with E-state index in [1.54, 1.807) is 13.4 Å². The van der Waals surface area contributed by atoms with Crippen molar-refractivity contribution in [3.63, 3.8) is 0 Å². The minimum Gasteiger partial charge on any atom is -0.496 e. The Morgan fingerprint density at radius 1 is 1.07 bits per heavy atom. The zero-order chi connectivity index (χ0) is 19.8. The Kier molecular flexibility index (Phi) is 4.69. The summed E-state index contributed by atoms with van der Waals surface area (Å²) in [5.74, 6) is 0.821. The molecule has 0 saturated heterocycles. The lowest BCUT2D eigenvalue weighted by Crippen LogP contribution is -1.98. The average molecular weight is 393 g/mol. The van der Waals surface area contributed by atoms with Crippen molar-refractivity contribution >= 4 is 28.3 Å². The fraction of sp³-hybridized carbons (Fsp3) is 0.182. The van der Waals surface area contributed by atoms with Crippen molar-refractivity contribution in [3.8, 4) is 22.6 Å². The molecule has 0 fully saturated rings. The van der Waals surface area contributed by atoms with E-state index in [4.69, 9.17) is 16.3 Å². The lowest BCUT2D eigenvalue weighted by molar-refractivity contribution is 0.412. The van der Waals surface area contributed by atoms with Gasteiger partial charge in [-0.25, -0.2) is 9.97 Å². The number of rotatable bonds is 4. The molecule has 4 rings (SSSR count). The number of methoxy groups -OCH3 is 1. The standard InChI is InChI=1S/C22H21ClN4O/c1-13-8-9-15(10-18(13)28-4)20-19-14(2)25-12-26-22(19)27(21(20)23)17-7-5-6-16(11-17)24-3/h5-12,24H,1-4H3. The molecule has 0 saturated carbocycles. The van der Waals surface area contributed by atoms with Crippen LogP contribution in [0, 0.1) is 13.8 Å². The second kappa shape index (κ2) is 7.17. The molecule has 2 aromatic heterocycles. The largest absolute Gasteiger partial charge is 0.496 e. The number of hydrogen-bond donors (Lipinski definition) is 1. The second-order valence-electron chi connectivity index (χ2n) is 6.64. The van der Waals surface area contributed by atoms with Crippen LogP contribution in [0.4, 0.5) is 5.69 Å². The Bertz CT molecular complexity index is 1180.